The Morgan fingerprint density at radius 1 is 1.32 bits per heavy atom. The lowest BCUT2D eigenvalue weighted by Crippen LogP contribution is -2.50. The molecule has 1 aliphatic carbocycles. The summed E-state index contributed by atoms with van der Waals surface area (Å²) in [6.45, 7) is 1.90. The van der Waals surface area contributed by atoms with Gasteiger partial charge < -0.3 is 15.5 Å². The fourth-order valence-corrected chi connectivity index (χ4v) is 2.46. The summed E-state index contributed by atoms with van der Waals surface area (Å²) in [7, 11) is 0. The van der Waals surface area contributed by atoms with Crippen molar-refractivity contribution in [1.82, 2.24) is 5.32 Å². The van der Waals surface area contributed by atoms with E-state index in [0.29, 0.717) is 25.7 Å². The summed E-state index contributed by atoms with van der Waals surface area (Å²) in [5.74, 6) is -0.337. The van der Waals surface area contributed by atoms with Gasteiger partial charge in [0, 0.05) is 0 Å². The minimum Gasteiger partial charge on any atom is -0.393 e. The number of nitrogens with one attached hydrogen (secondary N) is 1. The molecule has 1 fully saturated rings. The van der Waals surface area contributed by atoms with E-state index in [2.05, 4.69) is 5.32 Å². The average Bonchev–Trinajstić information content (AvgIpc) is 2.43. The van der Waals surface area contributed by atoms with Gasteiger partial charge in [-0.2, -0.15) is 0 Å². The van der Waals surface area contributed by atoms with Crippen molar-refractivity contribution in [2.75, 3.05) is 0 Å². The number of hydrogen-bond acceptors (Lipinski definition) is 3. The molecule has 2 rings (SSSR count). The SMILES string of the molecule is C[C@H](NC(=O)C1(O)CCC(O)CC1)c1ccccc1. The van der Waals surface area contributed by atoms with Gasteiger partial charge in [-0.3, -0.25) is 4.79 Å². The molecule has 0 unspecified atom stereocenters. The van der Waals surface area contributed by atoms with E-state index in [9.17, 15) is 15.0 Å². The number of carbonyl (C=O) groups excluding carboxylic acids is 1. The summed E-state index contributed by atoms with van der Waals surface area (Å²) in [4.78, 5) is 12.2. The fourth-order valence-electron chi connectivity index (χ4n) is 2.46. The lowest BCUT2D eigenvalue weighted by molar-refractivity contribution is -0.146. The molecular weight excluding hydrogens is 242 g/mol. The van der Waals surface area contributed by atoms with Gasteiger partial charge in [0.15, 0.2) is 0 Å². The quantitative estimate of drug-likeness (QED) is 0.774. The summed E-state index contributed by atoms with van der Waals surface area (Å²) in [5.41, 5.74) is -0.322. The van der Waals surface area contributed by atoms with E-state index in [1.165, 1.54) is 0 Å². The zero-order chi connectivity index (χ0) is 13.9. The van der Waals surface area contributed by atoms with Crippen LogP contribution in [0.2, 0.25) is 0 Å². The van der Waals surface area contributed by atoms with Gasteiger partial charge in [0.1, 0.15) is 5.60 Å². The van der Waals surface area contributed by atoms with E-state index in [4.69, 9.17) is 0 Å². The number of hydrogen-bond donors (Lipinski definition) is 3. The fraction of sp³-hybridized carbons (Fsp3) is 0.533. The Morgan fingerprint density at radius 3 is 2.47 bits per heavy atom. The van der Waals surface area contributed by atoms with Crippen molar-refractivity contribution in [2.24, 2.45) is 0 Å². The van der Waals surface area contributed by atoms with Gasteiger partial charge in [-0.05, 0) is 38.2 Å². The van der Waals surface area contributed by atoms with Crippen LogP contribution < -0.4 is 5.32 Å². The van der Waals surface area contributed by atoms with Crippen molar-refractivity contribution >= 4 is 5.91 Å². The highest BCUT2D eigenvalue weighted by atomic mass is 16.3. The molecule has 4 nitrogen and oxygen atoms in total. The van der Waals surface area contributed by atoms with Crippen LogP contribution in [0.25, 0.3) is 0 Å². The van der Waals surface area contributed by atoms with Crippen LogP contribution in [0.5, 0.6) is 0 Å². The minimum atomic E-state index is -1.33. The van der Waals surface area contributed by atoms with Crippen LogP contribution in [0.4, 0.5) is 0 Å². The van der Waals surface area contributed by atoms with Crippen LogP contribution >= 0.6 is 0 Å². The second-order valence-electron chi connectivity index (χ2n) is 5.37. The predicted molar refractivity (Wildman–Crippen MR) is 72.4 cm³/mol. The number of aliphatic hydroxyl groups is 2. The van der Waals surface area contributed by atoms with Gasteiger partial charge >= 0.3 is 0 Å². The number of rotatable bonds is 3. The van der Waals surface area contributed by atoms with E-state index in [-0.39, 0.29) is 18.1 Å². The molecule has 1 amide bonds. The molecular formula is C15H21NO3. The first-order valence-corrected chi connectivity index (χ1v) is 6.77. The number of carbonyl (C=O) groups is 1. The first-order chi connectivity index (χ1) is 9.01. The van der Waals surface area contributed by atoms with Crippen molar-refractivity contribution in [3.8, 4) is 0 Å². The number of benzene rings is 1. The van der Waals surface area contributed by atoms with Gasteiger partial charge in [-0.25, -0.2) is 0 Å². The molecule has 1 aliphatic rings. The van der Waals surface area contributed by atoms with Crippen LogP contribution in [0.3, 0.4) is 0 Å². The van der Waals surface area contributed by atoms with Crippen molar-refractivity contribution in [3.05, 3.63) is 35.9 Å². The molecule has 3 N–H and O–H groups in total. The average molecular weight is 263 g/mol. The highest BCUT2D eigenvalue weighted by Crippen LogP contribution is 2.29. The Labute approximate surface area is 113 Å². The summed E-state index contributed by atoms with van der Waals surface area (Å²) < 4.78 is 0. The summed E-state index contributed by atoms with van der Waals surface area (Å²) >= 11 is 0. The molecule has 104 valence electrons. The van der Waals surface area contributed by atoms with E-state index in [1.807, 2.05) is 37.3 Å². The molecule has 1 atom stereocenters. The predicted octanol–water partition coefficient (Wildman–Crippen LogP) is 1.53. The molecule has 0 bridgehead atoms. The number of aliphatic hydroxyl groups excluding tert-OH is 1. The van der Waals surface area contributed by atoms with Crippen molar-refractivity contribution in [2.45, 2.75) is 50.4 Å². The first kappa shape index (κ1) is 14.0. The summed E-state index contributed by atoms with van der Waals surface area (Å²) in [6, 6.07) is 9.52. The lowest BCUT2D eigenvalue weighted by atomic mass is 9.82. The van der Waals surface area contributed by atoms with E-state index in [1.54, 1.807) is 0 Å². The molecule has 0 heterocycles. The van der Waals surface area contributed by atoms with E-state index < -0.39 is 5.60 Å². The van der Waals surface area contributed by atoms with Gasteiger partial charge in [-0.15, -0.1) is 0 Å². The smallest absolute Gasteiger partial charge is 0.252 e. The molecule has 1 aromatic rings. The van der Waals surface area contributed by atoms with Crippen LogP contribution in [0, 0.1) is 0 Å². The van der Waals surface area contributed by atoms with Gasteiger partial charge in [0.05, 0.1) is 12.1 Å². The molecule has 1 aromatic carbocycles. The molecule has 0 aromatic heterocycles. The molecule has 0 aliphatic heterocycles. The Kier molecular flexibility index (Phi) is 4.22. The second kappa shape index (κ2) is 5.72. The summed E-state index contributed by atoms with van der Waals surface area (Å²) in [6.07, 6.45) is 1.20. The van der Waals surface area contributed by atoms with Crippen LogP contribution in [0.1, 0.15) is 44.2 Å². The highest BCUT2D eigenvalue weighted by molar-refractivity contribution is 5.85. The minimum absolute atomic E-state index is 0.135. The zero-order valence-corrected chi connectivity index (χ0v) is 11.2. The van der Waals surface area contributed by atoms with Crippen LogP contribution in [-0.4, -0.2) is 27.8 Å². The Morgan fingerprint density at radius 2 is 1.89 bits per heavy atom. The molecule has 0 spiro atoms. The highest BCUT2D eigenvalue weighted by Gasteiger charge is 2.39. The van der Waals surface area contributed by atoms with Gasteiger partial charge in [0.25, 0.3) is 5.91 Å². The number of amides is 1. The molecule has 0 radical (unpaired) electrons. The third-order valence-corrected chi connectivity index (χ3v) is 3.85. The van der Waals surface area contributed by atoms with Crippen LogP contribution in [-0.2, 0) is 4.79 Å². The molecule has 1 saturated carbocycles. The maximum atomic E-state index is 12.2. The maximum absolute atomic E-state index is 12.2. The van der Waals surface area contributed by atoms with Crippen LogP contribution in [0.15, 0.2) is 30.3 Å². The second-order valence-corrected chi connectivity index (χ2v) is 5.37. The summed E-state index contributed by atoms with van der Waals surface area (Å²) in [5, 5.41) is 22.6. The van der Waals surface area contributed by atoms with Gasteiger partial charge in [-0.1, -0.05) is 30.3 Å². The maximum Gasteiger partial charge on any atom is 0.252 e. The zero-order valence-electron chi connectivity index (χ0n) is 11.2. The Bertz CT molecular complexity index is 424. The molecule has 0 saturated heterocycles. The largest absolute Gasteiger partial charge is 0.393 e. The van der Waals surface area contributed by atoms with Gasteiger partial charge in [0.2, 0.25) is 0 Å². The van der Waals surface area contributed by atoms with Crippen molar-refractivity contribution in [3.63, 3.8) is 0 Å². The third-order valence-electron chi connectivity index (χ3n) is 3.85. The standard InChI is InChI=1S/C15H21NO3/c1-11(12-5-3-2-4-6-12)16-14(18)15(19)9-7-13(17)8-10-15/h2-6,11,13,17,19H,7-10H2,1H3,(H,16,18)/t11-,13?,15?/m0/s1. The molecule has 19 heavy (non-hydrogen) atoms. The Hall–Kier alpha value is -1.39. The monoisotopic (exact) mass is 263 g/mol. The first-order valence-electron chi connectivity index (χ1n) is 6.77. The lowest BCUT2D eigenvalue weighted by Gasteiger charge is -2.33. The Balaban J connectivity index is 1.97. The molecule has 4 heteroatoms. The normalized spacial score (nSPS) is 28.7. The van der Waals surface area contributed by atoms with Crippen molar-refractivity contribution < 1.29 is 15.0 Å². The third kappa shape index (κ3) is 3.33. The van der Waals surface area contributed by atoms with Crippen molar-refractivity contribution in [1.29, 1.82) is 0 Å². The van der Waals surface area contributed by atoms with E-state index >= 15 is 0 Å². The van der Waals surface area contributed by atoms with E-state index in [0.717, 1.165) is 5.56 Å². The topological polar surface area (TPSA) is 69.6 Å².